The average molecular weight is 459 g/mol. The number of carbonyl (C=O) groups is 3. The third-order valence-electron chi connectivity index (χ3n) is 4.94. The van der Waals surface area contributed by atoms with Crippen LogP contribution < -0.4 is 5.32 Å². The Morgan fingerprint density at radius 2 is 1.87 bits per heavy atom. The number of cyclic esters (lactones) is 1. The van der Waals surface area contributed by atoms with E-state index in [0.29, 0.717) is 22.9 Å². The van der Waals surface area contributed by atoms with E-state index in [9.17, 15) is 14.4 Å². The van der Waals surface area contributed by atoms with Crippen LogP contribution in [0, 0.1) is 5.92 Å². The molecule has 1 fully saturated rings. The Morgan fingerprint density at radius 3 is 2.40 bits per heavy atom. The van der Waals surface area contributed by atoms with Crippen molar-refractivity contribution in [2.75, 3.05) is 13.7 Å². The highest BCUT2D eigenvalue weighted by Crippen LogP contribution is 2.25. The van der Waals surface area contributed by atoms with Gasteiger partial charge in [0, 0.05) is 16.6 Å². The number of Topliss-reactive ketones (excluding diaryl/α,β-unsaturated/α-hetero) is 1. The van der Waals surface area contributed by atoms with Crippen LogP contribution in [0.4, 0.5) is 4.79 Å². The van der Waals surface area contributed by atoms with Gasteiger partial charge in [0.2, 0.25) is 0 Å². The van der Waals surface area contributed by atoms with Gasteiger partial charge in [-0.15, -0.1) is 0 Å². The number of carbonyl (C=O) groups excluding carboxylic acids is 3. The molecular formula is C21H28Cl2N2O5. The molecule has 3 atom stereocenters. The van der Waals surface area contributed by atoms with E-state index in [-0.39, 0.29) is 30.9 Å². The van der Waals surface area contributed by atoms with Crippen LogP contribution in [0.1, 0.15) is 39.2 Å². The lowest BCUT2D eigenvalue weighted by atomic mass is 9.98. The molecule has 1 heterocycles. The number of nitrogens with zero attached hydrogens (tertiary/aromatic N) is 1. The Balaban J connectivity index is 2.14. The van der Waals surface area contributed by atoms with Crippen LogP contribution in [0.15, 0.2) is 18.2 Å². The highest BCUT2D eigenvalue weighted by molar-refractivity contribution is 6.34. The molecule has 1 amide bonds. The predicted octanol–water partition coefficient (Wildman–Crippen LogP) is 3.84. The molecule has 1 aromatic rings. The van der Waals surface area contributed by atoms with Crippen molar-refractivity contribution in [2.24, 2.45) is 5.92 Å². The van der Waals surface area contributed by atoms with Crippen LogP contribution in [-0.2, 0) is 25.6 Å². The summed E-state index contributed by atoms with van der Waals surface area (Å²) in [6.45, 7) is 5.84. The Morgan fingerprint density at radius 1 is 1.23 bits per heavy atom. The number of amides is 1. The molecule has 1 aliphatic rings. The second-order valence-corrected chi connectivity index (χ2v) is 8.78. The minimum Gasteiger partial charge on any atom is -0.468 e. The topological polar surface area (TPSA) is 84.9 Å². The number of esters is 1. The third-order valence-corrected chi connectivity index (χ3v) is 5.38. The highest BCUT2D eigenvalue weighted by atomic mass is 35.5. The van der Waals surface area contributed by atoms with E-state index >= 15 is 0 Å². The van der Waals surface area contributed by atoms with E-state index in [1.54, 1.807) is 23.1 Å². The fraction of sp³-hybridized carbons (Fsp3) is 0.571. The van der Waals surface area contributed by atoms with E-state index in [4.69, 9.17) is 32.7 Å². The standard InChI is InChI=1S/C21H28Cl2N2O5/c1-12(2)5-19(20(27)29-4)24-18(13(3)26)9-17-11-30-21(28)25(17)10-14-6-15(22)8-16(23)7-14/h6-8,12,17-19,24H,5,9-11H2,1-4H3/t17?,18-,19-/m0/s1. The summed E-state index contributed by atoms with van der Waals surface area (Å²) in [5.74, 6) is -0.313. The largest absolute Gasteiger partial charge is 0.468 e. The van der Waals surface area contributed by atoms with Gasteiger partial charge >= 0.3 is 12.1 Å². The van der Waals surface area contributed by atoms with Gasteiger partial charge in [-0.2, -0.15) is 0 Å². The highest BCUT2D eigenvalue weighted by Gasteiger charge is 2.37. The van der Waals surface area contributed by atoms with Crippen molar-refractivity contribution < 1.29 is 23.9 Å². The first-order valence-electron chi connectivity index (χ1n) is 9.83. The van der Waals surface area contributed by atoms with Crippen LogP contribution in [0.2, 0.25) is 10.0 Å². The zero-order valence-corrected chi connectivity index (χ0v) is 19.1. The van der Waals surface area contributed by atoms with E-state index in [2.05, 4.69) is 5.32 Å². The summed E-state index contributed by atoms with van der Waals surface area (Å²) in [6, 6.07) is 3.50. The minimum absolute atomic E-state index is 0.127. The van der Waals surface area contributed by atoms with Crippen LogP contribution >= 0.6 is 23.2 Å². The third kappa shape index (κ3) is 6.86. The second kappa shape index (κ2) is 11.0. The number of methoxy groups -OCH3 is 1. The lowest BCUT2D eigenvalue weighted by Crippen LogP contribution is -2.50. The Kier molecular flexibility index (Phi) is 8.94. The maximum Gasteiger partial charge on any atom is 0.410 e. The van der Waals surface area contributed by atoms with Crippen LogP contribution in [0.5, 0.6) is 0 Å². The van der Waals surface area contributed by atoms with Gasteiger partial charge in [0.05, 0.1) is 19.2 Å². The van der Waals surface area contributed by atoms with Crippen molar-refractivity contribution in [3.8, 4) is 0 Å². The summed E-state index contributed by atoms with van der Waals surface area (Å²) in [4.78, 5) is 38.3. The molecule has 0 saturated carbocycles. The van der Waals surface area contributed by atoms with Gasteiger partial charge in [0.25, 0.3) is 0 Å². The van der Waals surface area contributed by atoms with Crippen molar-refractivity contribution in [3.63, 3.8) is 0 Å². The summed E-state index contributed by atoms with van der Waals surface area (Å²) in [7, 11) is 1.32. The first-order chi connectivity index (χ1) is 14.1. The molecule has 1 unspecified atom stereocenters. The molecule has 0 spiro atoms. The molecule has 0 bridgehead atoms. The second-order valence-electron chi connectivity index (χ2n) is 7.91. The summed E-state index contributed by atoms with van der Waals surface area (Å²) in [5, 5.41) is 4.06. The van der Waals surface area contributed by atoms with Crippen LogP contribution in [-0.4, -0.2) is 54.6 Å². The van der Waals surface area contributed by atoms with Crippen molar-refractivity contribution in [2.45, 2.75) is 58.3 Å². The Hall–Kier alpha value is -1.83. The summed E-state index contributed by atoms with van der Waals surface area (Å²) < 4.78 is 10.1. The van der Waals surface area contributed by atoms with Gasteiger partial charge in [-0.25, -0.2) is 4.79 Å². The Labute approximate surface area is 187 Å². The van der Waals surface area contributed by atoms with Crippen molar-refractivity contribution >= 4 is 41.0 Å². The molecule has 0 radical (unpaired) electrons. The smallest absolute Gasteiger partial charge is 0.410 e. The van der Waals surface area contributed by atoms with Gasteiger partial charge in [-0.3, -0.25) is 19.8 Å². The number of nitrogens with one attached hydrogen (secondary N) is 1. The fourth-order valence-corrected chi connectivity index (χ4v) is 4.06. The molecule has 30 heavy (non-hydrogen) atoms. The maximum atomic E-state index is 12.3. The molecule has 166 valence electrons. The molecular weight excluding hydrogens is 431 g/mol. The monoisotopic (exact) mass is 458 g/mol. The molecule has 2 rings (SSSR count). The zero-order chi connectivity index (χ0) is 22.4. The number of ketones is 1. The minimum atomic E-state index is -0.627. The van der Waals surface area contributed by atoms with Crippen molar-refractivity contribution in [1.29, 1.82) is 0 Å². The average Bonchev–Trinajstić information content (AvgIpc) is 2.98. The van der Waals surface area contributed by atoms with Crippen LogP contribution in [0.3, 0.4) is 0 Å². The number of rotatable bonds is 10. The molecule has 1 aromatic carbocycles. The first-order valence-corrected chi connectivity index (χ1v) is 10.6. The van der Waals surface area contributed by atoms with Gasteiger partial charge in [-0.05, 0) is 49.4 Å². The van der Waals surface area contributed by atoms with Gasteiger partial charge in [0.1, 0.15) is 18.4 Å². The van der Waals surface area contributed by atoms with Crippen molar-refractivity contribution in [1.82, 2.24) is 10.2 Å². The number of hydrogen-bond acceptors (Lipinski definition) is 6. The zero-order valence-electron chi connectivity index (χ0n) is 17.6. The van der Waals surface area contributed by atoms with Crippen molar-refractivity contribution in [3.05, 3.63) is 33.8 Å². The lowest BCUT2D eigenvalue weighted by molar-refractivity contribution is -0.144. The first kappa shape index (κ1) is 24.4. The summed E-state index contributed by atoms with van der Waals surface area (Å²) >= 11 is 12.1. The number of ether oxygens (including phenoxy) is 2. The summed E-state index contributed by atoms with van der Waals surface area (Å²) in [6.07, 6.45) is 0.368. The predicted molar refractivity (Wildman–Crippen MR) is 115 cm³/mol. The number of benzene rings is 1. The lowest BCUT2D eigenvalue weighted by Gasteiger charge is -2.28. The molecule has 7 nitrogen and oxygen atoms in total. The van der Waals surface area contributed by atoms with E-state index in [1.807, 2.05) is 13.8 Å². The van der Waals surface area contributed by atoms with E-state index < -0.39 is 24.1 Å². The summed E-state index contributed by atoms with van der Waals surface area (Å²) in [5.41, 5.74) is 0.760. The quantitative estimate of drug-likeness (QED) is 0.536. The molecule has 1 N–H and O–H groups in total. The number of hydrogen-bond donors (Lipinski definition) is 1. The normalized spacial score (nSPS) is 18.3. The fourth-order valence-electron chi connectivity index (χ4n) is 3.49. The van der Waals surface area contributed by atoms with E-state index in [1.165, 1.54) is 14.0 Å². The molecule has 0 aliphatic carbocycles. The van der Waals surface area contributed by atoms with Gasteiger partial charge < -0.3 is 9.47 Å². The molecule has 0 aromatic heterocycles. The van der Waals surface area contributed by atoms with Gasteiger partial charge in [0.15, 0.2) is 0 Å². The number of halogens is 2. The van der Waals surface area contributed by atoms with E-state index in [0.717, 1.165) is 5.56 Å². The SMILES string of the molecule is COC(=O)[C@H](CC(C)C)N[C@@H](CC1COC(=O)N1Cc1cc(Cl)cc(Cl)c1)C(C)=O. The van der Waals surface area contributed by atoms with Crippen LogP contribution in [0.25, 0.3) is 0 Å². The maximum absolute atomic E-state index is 12.3. The van der Waals surface area contributed by atoms with Gasteiger partial charge in [-0.1, -0.05) is 37.0 Å². The molecule has 1 aliphatic heterocycles. The Bertz CT molecular complexity index is 766. The molecule has 9 heteroatoms. The molecule has 1 saturated heterocycles.